The van der Waals surface area contributed by atoms with E-state index >= 15 is 0 Å². The molecule has 330 valence electrons. The van der Waals surface area contributed by atoms with Crippen LogP contribution in [0.5, 0.6) is 0 Å². The molecule has 1 atom stereocenters. The summed E-state index contributed by atoms with van der Waals surface area (Å²) >= 11 is 0. The Morgan fingerprint density at radius 1 is 0.448 bits per heavy atom. The van der Waals surface area contributed by atoms with E-state index in [4.69, 9.17) is 19.3 Å². The quantitative estimate of drug-likeness (QED) is 0.0271. The van der Waals surface area contributed by atoms with Crippen molar-refractivity contribution in [1.29, 1.82) is 0 Å². The third-order valence-electron chi connectivity index (χ3n) is 9.10. The zero-order valence-corrected chi connectivity index (χ0v) is 37.3. The lowest BCUT2D eigenvalue weighted by Gasteiger charge is -2.18. The summed E-state index contributed by atoms with van der Waals surface area (Å²) < 4.78 is 26.4. The summed E-state index contributed by atoms with van der Waals surface area (Å²) in [4.78, 5) is 43.0. The van der Waals surface area contributed by atoms with Crippen molar-refractivity contribution in [3.63, 3.8) is 0 Å². The Bertz CT molecular complexity index is 1250. The first-order valence-corrected chi connectivity index (χ1v) is 24.1. The summed E-state index contributed by atoms with van der Waals surface area (Å²) in [6.45, 7) is 3.44. The van der Waals surface area contributed by atoms with E-state index in [2.05, 4.69) is 116 Å². The predicted molar refractivity (Wildman–Crippen MR) is 243 cm³/mol. The lowest BCUT2D eigenvalue weighted by molar-refractivity contribution is -0.161. The maximum absolute atomic E-state index is 12.4. The van der Waals surface area contributed by atoms with E-state index in [1.807, 2.05) is 0 Å². The molecule has 0 saturated carbocycles. The first-order chi connectivity index (χ1) is 28.3. The van der Waals surface area contributed by atoms with Gasteiger partial charge in [-0.1, -0.05) is 175 Å². The van der Waals surface area contributed by atoms with Gasteiger partial charge in [0.15, 0.2) is 6.10 Å². The van der Waals surface area contributed by atoms with Crippen LogP contribution in [0.3, 0.4) is 0 Å². The summed E-state index contributed by atoms with van der Waals surface area (Å²) in [5.74, 6) is -0.917. The Balaban J connectivity index is 3.95. The van der Waals surface area contributed by atoms with Crippen molar-refractivity contribution < 1.29 is 37.9 Å². The average molecular weight is 829 g/mol. The zero-order chi connectivity index (χ0) is 42.5. The molecular weight excluding hydrogens is 748 g/mol. The monoisotopic (exact) mass is 829 g/mol. The third-order valence-corrected chi connectivity index (χ3v) is 9.58. The molecule has 0 aromatic heterocycles. The predicted octanol–water partition coefficient (Wildman–Crippen LogP) is 14.2. The summed E-state index contributed by atoms with van der Waals surface area (Å²) in [7, 11) is -4.77. The number of ether oxygens (including phenoxy) is 2. The second kappa shape index (κ2) is 43.5. The van der Waals surface area contributed by atoms with E-state index in [1.54, 1.807) is 0 Å². The number of phosphoric ester groups is 1. The van der Waals surface area contributed by atoms with E-state index in [-0.39, 0.29) is 19.4 Å². The van der Waals surface area contributed by atoms with Crippen LogP contribution < -0.4 is 0 Å². The van der Waals surface area contributed by atoms with Gasteiger partial charge in [0.1, 0.15) is 6.61 Å². The molecule has 0 rings (SSSR count). The normalized spacial score (nSPS) is 13.4. The molecular formula is C49H81O8P. The van der Waals surface area contributed by atoms with Crippen LogP contribution in [-0.2, 0) is 28.2 Å². The fraction of sp³-hybridized carbons (Fsp3) is 0.633. The van der Waals surface area contributed by atoms with Crippen LogP contribution in [0.15, 0.2) is 97.2 Å². The minimum absolute atomic E-state index is 0.193. The fourth-order valence-corrected chi connectivity index (χ4v) is 6.19. The molecule has 0 heterocycles. The molecule has 0 radical (unpaired) electrons. The number of rotatable bonds is 40. The maximum atomic E-state index is 12.4. The molecule has 0 aromatic carbocycles. The number of unbranched alkanes of at least 4 members (excludes halogenated alkanes) is 14. The van der Waals surface area contributed by atoms with E-state index < -0.39 is 32.5 Å². The lowest BCUT2D eigenvalue weighted by atomic mass is 10.1. The molecule has 0 amide bonds. The number of hydrogen-bond donors (Lipinski definition) is 2. The van der Waals surface area contributed by atoms with Crippen molar-refractivity contribution >= 4 is 19.8 Å². The Kier molecular flexibility index (Phi) is 41.3. The van der Waals surface area contributed by atoms with Gasteiger partial charge in [-0.15, -0.1) is 0 Å². The molecule has 0 saturated heterocycles. The largest absolute Gasteiger partial charge is 0.469 e. The van der Waals surface area contributed by atoms with Crippen molar-refractivity contribution in [1.82, 2.24) is 0 Å². The van der Waals surface area contributed by atoms with Crippen LogP contribution in [0.4, 0.5) is 0 Å². The number of allylic oxidation sites excluding steroid dienone is 16. The third kappa shape index (κ3) is 45.7. The van der Waals surface area contributed by atoms with Gasteiger partial charge in [-0.05, 0) is 89.9 Å². The zero-order valence-electron chi connectivity index (χ0n) is 36.4. The highest BCUT2D eigenvalue weighted by Crippen LogP contribution is 2.36. The van der Waals surface area contributed by atoms with Gasteiger partial charge in [-0.2, -0.15) is 0 Å². The first kappa shape index (κ1) is 55.0. The molecule has 9 heteroatoms. The molecule has 0 aliphatic rings. The highest BCUT2D eigenvalue weighted by atomic mass is 31.2. The minimum Gasteiger partial charge on any atom is -0.462 e. The molecule has 0 aromatic rings. The van der Waals surface area contributed by atoms with Gasteiger partial charge in [0, 0.05) is 12.8 Å². The topological polar surface area (TPSA) is 119 Å². The molecule has 0 aliphatic carbocycles. The minimum atomic E-state index is -4.77. The van der Waals surface area contributed by atoms with E-state index in [0.717, 1.165) is 116 Å². The summed E-state index contributed by atoms with van der Waals surface area (Å²) in [5, 5.41) is 0. The van der Waals surface area contributed by atoms with Gasteiger partial charge >= 0.3 is 19.8 Å². The van der Waals surface area contributed by atoms with Crippen molar-refractivity contribution in [2.45, 2.75) is 187 Å². The first-order valence-electron chi connectivity index (χ1n) is 22.5. The van der Waals surface area contributed by atoms with Gasteiger partial charge in [0.05, 0.1) is 6.61 Å². The van der Waals surface area contributed by atoms with Crippen molar-refractivity contribution in [3.8, 4) is 0 Å². The second-order valence-corrected chi connectivity index (χ2v) is 15.8. The van der Waals surface area contributed by atoms with E-state index in [0.29, 0.717) is 12.8 Å². The Hall–Kier alpha value is -3.03. The van der Waals surface area contributed by atoms with Crippen LogP contribution in [0, 0.1) is 0 Å². The van der Waals surface area contributed by atoms with Gasteiger partial charge < -0.3 is 19.3 Å². The number of carbonyl (C=O) groups excluding carboxylic acids is 2. The highest BCUT2D eigenvalue weighted by molar-refractivity contribution is 7.46. The van der Waals surface area contributed by atoms with Crippen LogP contribution >= 0.6 is 7.82 Å². The summed E-state index contributed by atoms with van der Waals surface area (Å²) in [6, 6.07) is 0. The van der Waals surface area contributed by atoms with Gasteiger partial charge in [-0.25, -0.2) is 4.57 Å². The molecule has 0 spiro atoms. The Morgan fingerprint density at radius 2 is 0.776 bits per heavy atom. The SMILES string of the molecule is CC/C=C\C/C=C\C/C=C\C/C=C\CCCCCCCCCCC(=O)OC(COC(=O)CCCCCCCC/C=C\C/C=C\C/C=C\C/C=C\CC)COP(=O)(O)O. The van der Waals surface area contributed by atoms with Crippen molar-refractivity contribution in [3.05, 3.63) is 97.2 Å². The number of esters is 2. The summed E-state index contributed by atoms with van der Waals surface area (Å²) in [5.41, 5.74) is 0. The standard InChI is InChI=1S/C49H81O8P/c1-3-5-7-9-11-13-15-17-19-21-23-24-26-28-30-32-34-36-38-40-42-44-49(51)57-47(46-56-58(52,53)54)45-55-48(50)43-41-39-37-35-33-31-29-27-25-22-20-18-16-14-12-10-8-6-4-2/h5-8,11-14,17-20,23-25,27,47H,3-4,9-10,15-16,21-22,26,28-46H2,1-2H3,(H2,52,53,54)/b7-5-,8-6-,13-11-,14-12-,19-17-,20-18-,24-23-,27-25-. The molecule has 0 fully saturated rings. The van der Waals surface area contributed by atoms with Crippen molar-refractivity contribution in [2.24, 2.45) is 0 Å². The number of hydrogen-bond acceptors (Lipinski definition) is 6. The molecule has 8 nitrogen and oxygen atoms in total. The molecule has 0 bridgehead atoms. The van der Waals surface area contributed by atoms with E-state index in [9.17, 15) is 14.2 Å². The molecule has 1 unspecified atom stereocenters. The Morgan fingerprint density at radius 3 is 1.16 bits per heavy atom. The average Bonchev–Trinajstić information content (AvgIpc) is 3.20. The molecule has 0 aliphatic heterocycles. The second-order valence-electron chi connectivity index (χ2n) is 14.6. The van der Waals surface area contributed by atoms with E-state index in [1.165, 1.54) is 25.7 Å². The molecule has 2 N–H and O–H groups in total. The van der Waals surface area contributed by atoms with Crippen molar-refractivity contribution in [2.75, 3.05) is 13.2 Å². The van der Waals surface area contributed by atoms with Crippen LogP contribution in [0.25, 0.3) is 0 Å². The number of phosphoric acid groups is 1. The molecule has 58 heavy (non-hydrogen) atoms. The van der Waals surface area contributed by atoms with Gasteiger partial charge in [0.2, 0.25) is 0 Å². The lowest BCUT2D eigenvalue weighted by Crippen LogP contribution is -2.29. The number of carbonyl (C=O) groups is 2. The van der Waals surface area contributed by atoms with Gasteiger partial charge in [0.25, 0.3) is 0 Å². The fourth-order valence-electron chi connectivity index (χ4n) is 5.83. The summed E-state index contributed by atoms with van der Waals surface area (Å²) in [6.07, 6.45) is 59.8. The maximum Gasteiger partial charge on any atom is 0.469 e. The van der Waals surface area contributed by atoms with Crippen LogP contribution in [0.2, 0.25) is 0 Å². The van der Waals surface area contributed by atoms with Crippen LogP contribution in [0.1, 0.15) is 181 Å². The van der Waals surface area contributed by atoms with Crippen LogP contribution in [-0.4, -0.2) is 41.0 Å². The Labute approximate surface area is 354 Å². The smallest absolute Gasteiger partial charge is 0.462 e. The van der Waals surface area contributed by atoms with Gasteiger partial charge in [-0.3, -0.25) is 14.1 Å². The highest BCUT2D eigenvalue weighted by Gasteiger charge is 2.22.